The van der Waals surface area contributed by atoms with Gasteiger partial charge in [-0.3, -0.25) is 9.59 Å². The van der Waals surface area contributed by atoms with Crippen LogP contribution in [0.25, 0.3) is 11.5 Å². The van der Waals surface area contributed by atoms with E-state index in [1.54, 1.807) is 35.1 Å². The number of hydrogen-bond donors (Lipinski definition) is 0. The normalized spacial score (nSPS) is 15.8. The molecule has 0 bridgehead atoms. The molecule has 0 radical (unpaired) electrons. The number of aryl methyl sites for hydroxylation is 1. The van der Waals surface area contributed by atoms with Crippen LogP contribution in [0, 0.1) is 6.92 Å². The molecule has 34 heavy (non-hydrogen) atoms. The summed E-state index contributed by atoms with van der Waals surface area (Å²) in [4.78, 5) is 33.9. The van der Waals surface area contributed by atoms with Gasteiger partial charge in [0.15, 0.2) is 5.82 Å². The number of carbonyl (C=O) groups excluding carboxylic acids is 2. The van der Waals surface area contributed by atoms with Gasteiger partial charge in [-0.15, -0.1) is 0 Å². The third kappa shape index (κ3) is 4.88. The van der Waals surface area contributed by atoms with E-state index in [1.807, 2.05) is 38.1 Å². The quantitative estimate of drug-likeness (QED) is 0.553. The van der Waals surface area contributed by atoms with E-state index >= 15 is 0 Å². The van der Waals surface area contributed by atoms with E-state index < -0.39 is 0 Å². The van der Waals surface area contributed by atoms with Gasteiger partial charge in [-0.1, -0.05) is 22.9 Å². The van der Waals surface area contributed by atoms with Gasteiger partial charge in [0.1, 0.15) is 11.5 Å². The number of amides is 2. The molecule has 0 spiro atoms. The van der Waals surface area contributed by atoms with Crippen molar-refractivity contribution in [2.75, 3.05) is 33.9 Å². The van der Waals surface area contributed by atoms with Crippen LogP contribution in [0.5, 0.6) is 11.5 Å². The molecule has 2 heterocycles. The molecule has 1 aliphatic rings. The summed E-state index contributed by atoms with van der Waals surface area (Å²) in [6.45, 7) is 5.20. The van der Waals surface area contributed by atoms with Crippen molar-refractivity contribution >= 4 is 11.8 Å². The van der Waals surface area contributed by atoms with Crippen molar-refractivity contribution in [3.63, 3.8) is 0 Å². The van der Waals surface area contributed by atoms with Crippen molar-refractivity contribution in [3.8, 4) is 23.0 Å². The van der Waals surface area contributed by atoms with Crippen LogP contribution in [0.15, 0.2) is 47.0 Å². The first kappa shape index (κ1) is 23.3. The third-order valence-electron chi connectivity index (χ3n) is 5.96. The van der Waals surface area contributed by atoms with Gasteiger partial charge in [-0.05, 0) is 38.1 Å². The number of aromatic nitrogens is 2. The number of hydrogen-bond acceptors (Lipinski definition) is 7. The van der Waals surface area contributed by atoms with E-state index in [0.717, 1.165) is 11.1 Å². The molecule has 1 aromatic heterocycles. The van der Waals surface area contributed by atoms with E-state index in [1.165, 1.54) is 7.11 Å². The summed E-state index contributed by atoms with van der Waals surface area (Å²) >= 11 is 0. The molecule has 0 aliphatic carbocycles. The van der Waals surface area contributed by atoms with Crippen LogP contribution in [-0.2, 0) is 11.2 Å². The summed E-state index contributed by atoms with van der Waals surface area (Å²) in [7, 11) is 3.08. The Balaban J connectivity index is 1.38. The zero-order chi connectivity index (χ0) is 24.2. The van der Waals surface area contributed by atoms with Gasteiger partial charge in [0.2, 0.25) is 5.91 Å². The number of methoxy groups -OCH3 is 2. The first-order chi connectivity index (χ1) is 16.4. The lowest BCUT2D eigenvalue weighted by Crippen LogP contribution is -2.55. The van der Waals surface area contributed by atoms with Gasteiger partial charge >= 0.3 is 0 Å². The molecule has 1 fully saturated rings. The highest BCUT2D eigenvalue weighted by molar-refractivity contribution is 5.97. The summed E-state index contributed by atoms with van der Waals surface area (Å²) in [6, 6.07) is 12.7. The molecule has 1 atom stereocenters. The maximum absolute atomic E-state index is 13.2. The van der Waals surface area contributed by atoms with Crippen molar-refractivity contribution in [1.29, 1.82) is 0 Å². The Labute approximate surface area is 198 Å². The maximum atomic E-state index is 13.2. The van der Waals surface area contributed by atoms with Crippen LogP contribution in [0.2, 0.25) is 0 Å². The molecular weight excluding hydrogens is 436 g/mol. The maximum Gasteiger partial charge on any atom is 0.257 e. The minimum absolute atomic E-state index is 0.0440. The fourth-order valence-electron chi connectivity index (χ4n) is 4.00. The van der Waals surface area contributed by atoms with E-state index in [9.17, 15) is 9.59 Å². The fourth-order valence-corrected chi connectivity index (χ4v) is 4.00. The van der Waals surface area contributed by atoms with Gasteiger partial charge in [0, 0.05) is 37.3 Å². The largest absolute Gasteiger partial charge is 0.497 e. The number of carbonyl (C=O) groups is 2. The van der Waals surface area contributed by atoms with Gasteiger partial charge in [0.25, 0.3) is 11.8 Å². The first-order valence-electron chi connectivity index (χ1n) is 11.1. The summed E-state index contributed by atoms with van der Waals surface area (Å²) in [5, 5.41) is 3.96. The first-order valence-corrected chi connectivity index (χ1v) is 11.1. The Morgan fingerprint density at radius 3 is 2.53 bits per heavy atom. The number of piperazine rings is 1. The van der Waals surface area contributed by atoms with Crippen LogP contribution in [0.1, 0.15) is 28.7 Å². The molecule has 3 aromatic rings. The highest BCUT2D eigenvalue weighted by Crippen LogP contribution is 2.27. The molecule has 1 aliphatic heterocycles. The van der Waals surface area contributed by atoms with E-state index in [0.29, 0.717) is 48.4 Å². The molecule has 2 amide bonds. The Kier molecular flexibility index (Phi) is 6.81. The standard InChI is InChI=1S/C25H28N4O5/c1-16-5-7-18(8-6-16)24-26-22(27-34-24)14-23(30)28-11-12-29(17(2)15-28)25(31)20-10-9-19(32-3)13-21(20)33-4/h5-10,13,17H,11-12,14-15H2,1-4H3. The second-order valence-electron chi connectivity index (χ2n) is 8.31. The number of ether oxygens (including phenoxy) is 2. The van der Waals surface area contributed by atoms with Crippen LogP contribution in [-0.4, -0.2) is 71.7 Å². The summed E-state index contributed by atoms with van der Waals surface area (Å²) in [6.07, 6.45) is 0.0440. The van der Waals surface area contributed by atoms with Crippen molar-refractivity contribution in [1.82, 2.24) is 19.9 Å². The van der Waals surface area contributed by atoms with E-state index in [-0.39, 0.29) is 24.3 Å². The van der Waals surface area contributed by atoms with Crippen molar-refractivity contribution in [3.05, 3.63) is 59.4 Å². The molecular formula is C25H28N4O5. The topological polar surface area (TPSA) is 98.0 Å². The van der Waals surface area contributed by atoms with Crippen molar-refractivity contribution in [2.24, 2.45) is 0 Å². The molecule has 9 nitrogen and oxygen atoms in total. The monoisotopic (exact) mass is 464 g/mol. The minimum Gasteiger partial charge on any atom is -0.497 e. The van der Waals surface area contributed by atoms with Crippen molar-refractivity contribution in [2.45, 2.75) is 26.3 Å². The predicted molar refractivity (Wildman–Crippen MR) is 125 cm³/mol. The third-order valence-corrected chi connectivity index (χ3v) is 5.96. The van der Waals surface area contributed by atoms with E-state index in [4.69, 9.17) is 14.0 Å². The zero-order valence-corrected chi connectivity index (χ0v) is 19.8. The molecule has 4 rings (SSSR count). The highest BCUT2D eigenvalue weighted by atomic mass is 16.5. The second-order valence-corrected chi connectivity index (χ2v) is 8.31. The molecule has 0 saturated carbocycles. The summed E-state index contributed by atoms with van der Waals surface area (Å²) < 4.78 is 15.9. The highest BCUT2D eigenvalue weighted by Gasteiger charge is 2.32. The average molecular weight is 465 g/mol. The lowest BCUT2D eigenvalue weighted by atomic mass is 10.1. The number of benzene rings is 2. The Morgan fingerprint density at radius 2 is 1.85 bits per heavy atom. The molecule has 0 N–H and O–H groups in total. The molecule has 2 aromatic carbocycles. The van der Waals surface area contributed by atoms with Crippen molar-refractivity contribution < 1.29 is 23.6 Å². The summed E-state index contributed by atoms with van der Waals surface area (Å²) in [5.41, 5.74) is 2.41. The predicted octanol–water partition coefficient (Wildman–Crippen LogP) is 2.98. The van der Waals surface area contributed by atoms with Gasteiger partial charge in [0.05, 0.1) is 26.2 Å². The van der Waals surface area contributed by atoms with Gasteiger partial charge in [-0.2, -0.15) is 4.98 Å². The molecule has 1 saturated heterocycles. The minimum atomic E-state index is -0.162. The Bertz CT molecular complexity index is 1170. The van der Waals surface area contributed by atoms with E-state index in [2.05, 4.69) is 10.1 Å². The fraction of sp³-hybridized carbons (Fsp3) is 0.360. The van der Waals surface area contributed by atoms with Crippen LogP contribution < -0.4 is 9.47 Å². The Morgan fingerprint density at radius 1 is 1.09 bits per heavy atom. The number of rotatable bonds is 6. The smallest absolute Gasteiger partial charge is 0.257 e. The average Bonchev–Trinajstić information content (AvgIpc) is 3.31. The van der Waals surface area contributed by atoms with Gasteiger partial charge < -0.3 is 23.8 Å². The van der Waals surface area contributed by atoms with Crippen LogP contribution in [0.3, 0.4) is 0 Å². The molecule has 9 heteroatoms. The zero-order valence-electron chi connectivity index (χ0n) is 19.8. The lowest BCUT2D eigenvalue weighted by Gasteiger charge is -2.40. The summed E-state index contributed by atoms with van der Waals surface area (Å²) in [5.74, 6) is 1.56. The molecule has 1 unspecified atom stereocenters. The second kappa shape index (κ2) is 9.94. The lowest BCUT2D eigenvalue weighted by molar-refractivity contribution is -0.133. The number of nitrogens with zero attached hydrogens (tertiary/aromatic N) is 4. The SMILES string of the molecule is COc1ccc(C(=O)N2CCN(C(=O)Cc3noc(-c4ccc(C)cc4)n3)CC2C)c(OC)c1. The molecule has 178 valence electrons. The Hall–Kier alpha value is -3.88. The van der Waals surface area contributed by atoms with Crippen LogP contribution in [0.4, 0.5) is 0 Å². The van der Waals surface area contributed by atoms with Crippen LogP contribution >= 0.6 is 0 Å². The van der Waals surface area contributed by atoms with Gasteiger partial charge in [-0.25, -0.2) is 0 Å².